The van der Waals surface area contributed by atoms with Crippen molar-refractivity contribution >= 4 is 37.3 Å². The minimum Gasteiger partial charge on any atom is -0.380 e. The molecule has 0 aliphatic carbocycles. The third kappa shape index (κ3) is 3.28. The Bertz CT molecular complexity index is 573. The first-order chi connectivity index (χ1) is 8.95. The fourth-order valence-corrected chi connectivity index (χ4v) is 5.67. The highest BCUT2D eigenvalue weighted by molar-refractivity contribution is 9.11. The van der Waals surface area contributed by atoms with Gasteiger partial charge >= 0.3 is 0 Å². The van der Waals surface area contributed by atoms with Crippen molar-refractivity contribution in [1.82, 2.24) is 4.31 Å². The van der Waals surface area contributed by atoms with Crippen LogP contribution in [0, 0.1) is 6.92 Å². The van der Waals surface area contributed by atoms with Crippen molar-refractivity contribution in [2.24, 2.45) is 0 Å². The van der Waals surface area contributed by atoms with E-state index in [0.717, 1.165) is 21.3 Å². The van der Waals surface area contributed by atoms with Crippen molar-refractivity contribution < 1.29 is 13.2 Å². The fourth-order valence-electron chi connectivity index (χ4n) is 1.91. The van der Waals surface area contributed by atoms with Gasteiger partial charge in [0, 0.05) is 20.2 Å². The summed E-state index contributed by atoms with van der Waals surface area (Å²) in [5.74, 6) is 0. The first-order valence-corrected chi connectivity index (χ1v) is 8.93. The van der Waals surface area contributed by atoms with Crippen LogP contribution in [0.1, 0.15) is 12.0 Å². The molecule has 0 unspecified atom stereocenters. The van der Waals surface area contributed by atoms with E-state index in [1.807, 2.05) is 13.0 Å². The quantitative estimate of drug-likeness (QED) is 0.770. The molecule has 0 amide bonds. The summed E-state index contributed by atoms with van der Waals surface area (Å²) in [5.41, 5.74) is 2.12. The molecule has 0 saturated carbocycles. The zero-order valence-electron chi connectivity index (χ0n) is 10.8. The molecule has 1 aromatic rings. The van der Waals surface area contributed by atoms with Crippen LogP contribution in [0.15, 0.2) is 25.7 Å². The van der Waals surface area contributed by atoms with E-state index in [9.17, 15) is 8.42 Å². The lowest BCUT2D eigenvalue weighted by Crippen LogP contribution is -2.34. The van der Waals surface area contributed by atoms with Gasteiger partial charge in [-0.15, -0.1) is 11.3 Å². The van der Waals surface area contributed by atoms with Crippen molar-refractivity contribution in [3.8, 4) is 0 Å². The molecule has 2 rings (SSSR count). The molecule has 19 heavy (non-hydrogen) atoms. The van der Waals surface area contributed by atoms with E-state index in [1.54, 1.807) is 13.2 Å². The zero-order chi connectivity index (χ0) is 14.0. The first-order valence-electron chi connectivity index (χ1n) is 5.88. The van der Waals surface area contributed by atoms with E-state index >= 15 is 0 Å². The largest absolute Gasteiger partial charge is 0.380 e. The van der Waals surface area contributed by atoms with Gasteiger partial charge in [-0.2, -0.15) is 4.31 Å². The second-order valence-electron chi connectivity index (χ2n) is 4.43. The Hall–Kier alpha value is -0.210. The van der Waals surface area contributed by atoms with Crippen LogP contribution in [0.4, 0.5) is 0 Å². The van der Waals surface area contributed by atoms with Gasteiger partial charge in [0.1, 0.15) is 4.21 Å². The predicted molar refractivity (Wildman–Crippen MR) is 80.1 cm³/mol. The van der Waals surface area contributed by atoms with Crippen LogP contribution in [0.25, 0.3) is 0 Å². The molecule has 1 aliphatic heterocycles. The second-order valence-corrected chi connectivity index (χ2v) is 8.97. The number of halogens is 1. The second kappa shape index (κ2) is 6.05. The van der Waals surface area contributed by atoms with Crippen LogP contribution in [0.5, 0.6) is 0 Å². The average Bonchev–Trinajstić information content (AvgIpc) is 2.71. The summed E-state index contributed by atoms with van der Waals surface area (Å²) < 4.78 is 32.8. The monoisotopic (exact) mass is 365 g/mol. The summed E-state index contributed by atoms with van der Waals surface area (Å²) in [4.78, 5) is 0. The normalized spacial score (nSPS) is 17.5. The third-order valence-electron chi connectivity index (χ3n) is 3.02. The summed E-state index contributed by atoms with van der Waals surface area (Å²) in [6, 6.07) is 1.72. The Morgan fingerprint density at radius 3 is 2.74 bits per heavy atom. The number of ether oxygens (including phenoxy) is 1. The number of hydrogen-bond acceptors (Lipinski definition) is 4. The number of sulfonamides is 1. The molecule has 0 bridgehead atoms. The van der Waals surface area contributed by atoms with Gasteiger partial charge in [0.15, 0.2) is 0 Å². The van der Waals surface area contributed by atoms with Gasteiger partial charge < -0.3 is 4.74 Å². The van der Waals surface area contributed by atoms with E-state index in [0.29, 0.717) is 23.9 Å². The number of methoxy groups -OCH3 is 1. The maximum Gasteiger partial charge on any atom is 0.252 e. The minimum absolute atomic E-state index is 0.403. The topological polar surface area (TPSA) is 46.6 Å². The number of hydrogen-bond donors (Lipinski definition) is 0. The molecule has 106 valence electrons. The third-order valence-corrected chi connectivity index (χ3v) is 7.48. The zero-order valence-corrected chi connectivity index (χ0v) is 14.1. The molecular weight excluding hydrogens is 350 g/mol. The maximum absolute atomic E-state index is 12.5. The van der Waals surface area contributed by atoms with Gasteiger partial charge in [-0.25, -0.2) is 8.42 Å². The molecule has 0 spiro atoms. The Morgan fingerprint density at radius 1 is 1.53 bits per heavy atom. The molecule has 0 aromatic carbocycles. The highest BCUT2D eigenvalue weighted by atomic mass is 79.9. The van der Waals surface area contributed by atoms with Crippen molar-refractivity contribution in [1.29, 1.82) is 0 Å². The molecule has 7 heteroatoms. The molecule has 4 nitrogen and oxygen atoms in total. The maximum atomic E-state index is 12.5. The molecule has 0 fully saturated rings. The van der Waals surface area contributed by atoms with E-state index in [1.165, 1.54) is 15.6 Å². The lowest BCUT2D eigenvalue weighted by molar-refractivity contribution is 0.219. The molecule has 0 radical (unpaired) electrons. The standard InChI is InChI=1S/C12H16BrNO3S2/c1-9-7-11(18-12(9)13)19(15,16)14-5-3-10(4-6-14)8-17-2/h3,7H,4-6,8H2,1-2H3. The van der Waals surface area contributed by atoms with E-state index in [-0.39, 0.29) is 0 Å². The summed E-state index contributed by atoms with van der Waals surface area (Å²) >= 11 is 4.64. The molecule has 1 aliphatic rings. The first kappa shape index (κ1) is 15.2. The molecule has 2 heterocycles. The smallest absolute Gasteiger partial charge is 0.252 e. The van der Waals surface area contributed by atoms with Crippen LogP contribution in [0.2, 0.25) is 0 Å². The van der Waals surface area contributed by atoms with Crippen LogP contribution in [-0.2, 0) is 14.8 Å². The minimum atomic E-state index is -3.37. The van der Waals surface area contributed by atoms with E-state index < -0.39 is 10.0 Å². The summed E-state index contributed by atoms with van der Waals surface area (Å²) in [5, 5.41) is 0. The van der Waals surface area contributed by atoms with Crippen molar-refractivity contribution in [3.05, 3.63) is 27.1 Å². The van der Waals surface area contributed by atoms with E-state index in [2.05, 4.69) is 15.9 Å². The van der Waals surface area contributed by atoms with Crippen molar-refractivity contribution in [3.63, 3.8) is 0 Å². The predicted octanol–water partition coefficient (Wildman–Crippen LogP) is 2.79. The van der Waals surface area contributed by atoms with Crippen LogP contribution in [0.3, 0.4) is 0 Å². The van der Waals surface area contributed by atoms with Gasteiger partial charge in [0.25, 0.3) is 10.0 Å². The van der Waals surface area contributed by atoms with E-state index in [4.69, 9.17) is 4.74 Å². The Labute approximate surface area is 126 Å². The summed E-state index contributed by atoms with van der Waals surface area (Å²) in [6.07, 6.45) is 2.68. The molecule has 0 atom stereocenters. The average molecular weight is 366 g/mol. The van der Waals surface area contributed by atoms with Crippen molar-refractivity contribution in [2.75, 3.05) is 26.8 Å². The van der Waals surface area contributed by atoms with Gasteiger partial charge in [0.05, 0.1) is 10.4 Å². The van der Waals surface area contributed by atoms with Gasteiger partial charge in [0.2, 0.25) is 0 Å². The van der Waals surface area contributed by atoms with Crippen LogP contribution < -0.4 is 0 Å². The number of rotatable bonds is 4. The van der Waals surface area contributed by atoms with Crippen molar-refractivity contribution in [2.45, 2.75) is 17.6 Å². The summed E-state index contributed by atoms with van der Waals surface area (Å²) in [7, 11) is -1.72. The van der Waals surface area contributed by atoms with Crippen LogP contribution >= 0.6 is 27.3 Å². The van der Waals surface area contributed by atoms with Gasteiger partial charge in [-0.3, -0.25) is 0 Å². The highest BCUT2D eigenvalue weighted by Crippen LogP contribution is 2.33. The molecule has 1 aromatic heterocycles. The molecular formula is C12H16BrNO3S2. The van der Waals surface area contributed by atoms with Crippen LogP contribution in [-0.4, -0.2) is 39.5 Å². The number of aryl methyl sites for hydroxylation is 1. The lowest BCUT2D eigenvalue weighted by atomic mass is 10.1. The SMILES string of the molecule is COCC1=CCN(S(=O)(=O)c2cc(C)c(Br)s2)CC1. The fraction of sp³-hybridized carbons (Fsp3) is 0.500. The lowest BCUT2D eigenvalue weighted by Gasteiger charge is -2.24. The Morgan fingerprint density at radius 2 is 2.26 bits per heavy atom. The van der Waals surface area contributed by atoms with Gasteiger partial charge in [-0.05, 0) is 46.5 Å². The number of nitrogens with zero attached hydrogens (tertiary/aromatic N) is 1. The highest BCUT2D eigenvalue weighted by Gasteiger charge is 2.28. The summed E-state index contributed by atoms with van der Waals surface area (Å²) in [6.45, 7) is 3.42. The molecule has 0 saturated heterocycles. The van der Waals surface area contributed by atoms with Gasteiger partial charge in [-0.1, -0.05) is 6.08 Å². The molecule has 0 N–H and O–H groups in total. The number of thiophene rings is 1. The Kier molecular flexibility index (Phi) is 4.84. The Balaban J connectivity index is 2.18.